The van der Waals surface area contributed by atoms with E-state index in [1.165, 1.54) is 0 Å². The summed E-state index contributed by atoms with van der Waals surface area (Å²) in [5, 5.41) is 0. The first kappa shape index (κ1) is 20.0. The Hall–Kier alpha value is -1.34. The van der Waals surface area contributed by atoms with Gasteiger partial charge >= 0.3 is 25.4 Å². The number of hydrogen-bond acceptors (Lipinski definition) is 3. The van der Waals surface area contributed by atoms with E-state index in [0.717, 1.165) is 4.90 Å². The third kappa shape index (κ3) is 5.08. The van der Waals surface area contributed by atoms with E-state index < -0.39 is 49.8 Å². The second-order valence-corrected chi connectivity index (χ2v) is 6.20. The molecule has 14 heteroatoms. The maximum absolute atomic E-state index is 12.4. The van der Waals surface area contributed by atoms with Crippen LogP contribution in [0.2, 0.25) is 0 Å². The highest BCUT2D eigenvalue weighted by molar-refractivity contribution is 6.58. The monoisotopic (exact) mass is 387 g/mol. The lowest BCUT2D eigenvalue weighted by Gasteiger charge is -2.27. The normalized spacial score (nSPS) is 25.6. The van der Waals surface area contributed by atoms with E-state index in [2.05, 4.69) is 4.74 Å². The molecule has 25 heavy (non-hydrogen) atoms. The molecule has 2 rings (SSSR count). The molecule has 0 spiro atoms. The molecule has 2 heterocycles. The highest BCUT2D eigenvalue weighted by Crippen LogP contribution is 2.37. The van der Waals surface area contributed by atoms with Gasteiger partial charge in [-0.3, -0.25) is 0 Å². The van der Waals surface area contributed by atoms with Gasteiger partial charge < -0.3 is 27.5 Å². The van der Waals surface area contributed by atoms with Crippen molar-refractivity contribution in [3.8, 4) is 0 Å². The van der Waals surface area contributed by atoms with E-state index in [9.17, 15) is 44.1 Å². The molecule has 0 aromatic carbocycles. The SMILES string of the molecule is O=C(OC(C(F)(F)F)C(F)(F)F)N1CC2CN(C[B-](F)(F)F)CC2C1. The molecule has 0 aliphatic carbocycles. The van der Waals surface area contributed by atoms with Gasteiger partial charge in [-0.25, -0.2) is 4.79 Å². The highest BCUT2D eigenvalue weighted by Gasteiger charge is 2.60. The number of halogens is 9. The summed E-state index contributed by atoms with van der Waals surface area (Å²) in [5.41, 5.74) is 0. The molecule has 4 nitrogen and oxygen atoms in total. The van der Waals surface area contributed by atoms with Crippen molar-refractivity contribution >= 4 is 13.1 Å². The summed E-state index contributed by atoms with van der Waals surface area (Å²) >= 11 is 0. The number of carbonyl (C=O) groups excluding carboxylic acids is 1. The largest absolute Gasteiger partial charge is 0.492 e. The number of ether oxygens (including phenoxy) is 1. The zero-order valence-corrected chi connectivity index (χ0v) is 12.5. The summed E-state index contributed by atoms with van der Waals surface area (Å²) in [6.07, 6.45) is -18.7. The third-order valence-corrected chi connectivity index (χ3v) is 4.10. The first-order valence-corrected chi connectivity index (χ1v) is 7.19. The number of rotatable bonds is 3. The maximum Gasteiger partial charge on any atom is 0.492 e. The highest BCUT2D eigenvalue weighted by atomic mass is 19.4. The fourth-order valence-corrected chi connectivity index (χ4v) is 3.18. The minimum Gasteiger partial charge on any atom is -0.448 e. The first-order valence-electron chi connectivity index (χ1n) is 7.19. The second kappa shape index (κ2) is 6.43. The molecule has 146 valence electrons. The third-order valence-electron chi connectivity index (χ3n) is 4.10. The van der Waals surface area contributed by atoms with Crippen LogP contribution >= 0.6 is 0 Å². The summed E-state index contributed by atoms with van der Waals surface area (Å²) in [6, 6.07) is 0. The van der Waals surface area contributed by atoms with Crippen LogP contribution in [0.5, 0.6) is 0 Å². The lowest BCUT2D eigenvalue weighted by atomic mass is 9.91. The number of likely N-dealkylation sites (tertiary alicyclic amines) is 2. The summed E-state index contributed by atoms with van der Waals surface area (Å²) in [5.74, 6) is -0.887. The Morgan fingerprint density at radius 1 is 0.960 bits per heavy atom. The number of carbonyl (C=O) groups is 1. The first-order chi connectivity index (χ1) is 11.2. The summed E-state index contributed by atoms with van der Waals surface area (Å²) in [7, 11) is 0. The van der Waals surface area contributed by atoms with E-state index in [0.29, 0.717) is 4.90 Å². The molecule has 0 radical (unpaired) electrons. The predicted octanol–water partition coefficient (Wildman–Crippen LogP) is 2.87. The molecular weight excluding hydrogens is 374 g/mol. The van der Waals surface area contributed by atoms with Gasteiger partial charge in [0.2, 0.25) is 0 Å². The molecule has 0 saturated carbocycles. The second-order valence-electron chi connectivity index (χ2n) is 6.20. The minimum absolute atomic E-state index is 0.0301. The topological polar surface area (TPSA) is 32.8 Å². The van der Waals surface area contributed by atoms with Gasteiger partial charge in [-0.1, -0.05) is 0 Å². The molecule has 2 fully saturated rings. The number of nitrogens with zero attached hydrogens (tertiary/aromatic N) is 2. The van der Waals surface area contributed by atoms with E-state index in [4.69, 9.17) is 0 Å². The maximum atomic E-state index is 12.4. The zero-order valence-electron chi connectivity index (χ0n) is 12.5. The van der Waals surface area contributed by atoms with Gasteiger partial charge in [0.15, 0.2) is 0 Å². The van der Waals surface area contributed by atoms with Crippen LogP contribution in [0.4, 0.5) is 44.1 Å². The van der Waals surface area contributed by atoms with Gasteiger partial charge in [0.05, 0.1) is 0 Å². The number of alkyl halides is 6. The molecule has 0 aromatic heterocycles. The van der Waals surface area contributed by atoms with Gasteiger partial charge in [0.1, 0.15) is 0 Å². The van der Waals surface area contributed by atoms with Crippen LogP contribution in [0.15, 0.2) is 0 Å². The average molecular weight is 387 g/mol. The van der Waals surface area contributed by atoms with Gasteiger partial charge in [0.25, 0.3) is 6.10 Å². The average Bonchev–Trinajstić information content (AvgIpc) is 2.88. The lowest BCUT2D eigenvalue weighted by molar-refractivity contribution is -0.308. The molecule has 0 bridgehead atoms. The summed E-state index contributed by atoms with van der Waals surface area (Å²) in [6.45, 7) is -5.58. The standard InChI is InChI=1S/C11H13BF9N2O2/c13-10(14,15)8(11(16,17)18)25-9(24)23-3-6-1-22(2-7(6)4-23)5-12(19,20)21/h6-8H,1-5H2/q-1. The fraction of sp³-hybridized carbons (Fsp3) is 0.909. The van der Waals surface area contributed by atoms with E-state index in [-0.39, 0.29) is 26.2 Å². The van der Waals surface area contributed by atoms with Gasteiger partial charge in [-0.2, -0.15) is 26.3 Å². The fourth-order valence-electron chi connectivity index (χ4n) is 3.18. The molecule has 2 saturated heterocycles. The zero-order chi connectivity index (χ0) is 19.2. The quantitative estimate of drug-likeness (QED) is 0.552. The van der Waals surface area contributed by atoms with Crippen LogP contribution in [0, 0.1) is 11.8 Å². The molecule has 0 aromatic rings. The van der Waals surface area contributed by atoms with Crippen LogP contribution in [-0.2, 0) is 4.74 Å². The number of fused-ring (bicyclic) bond motifs is 1. The Morgan fingerprint density at radius 3 is 1.76 bits per heavy atom. The molecule has 2 unspecified atom stereocenters. The number of hydrogen-bond donors (Lipinski definition) is 0. The van der Waals surface area contributed by atoms with Crippen LogP contribution < -0.4 is 0 Å². The molecule has 0 N–H and O–H groups in total. The molecule has 2 atom stereocenters. The Balaban J connectivity index is 1.92. The predicted molar refractivity (Wildman–Crippen MR) is 66.5 cm³/mol. The Labute approximate surface area is 135 Å². The van der Waals surface area contributed by atoms with Crippen molar-refractivity contribution in [3.05, 3.63) is 0 Å². The number of amides is 1. The molecule has 1 amide bonds. The van der Waals surface area contributed by atoms with E-state index >= 15 is 0 Å². The van der Waals surface area contributed by atoms with Crippen LogP contribution in [0.1, 0.15) is 0 Å². The minimum atomic E-state index is -5.81. The molecule has 2 aliphatic rings. The van der Waals surface area contributed by atoms with E-state index in [1.54, 1.807) is 0 Å². The molecular formula is C11H13BF9N2O2-. The van der Waals surface area contributed by atoms with Crippen molar-refractivity contribution in [1.29, 1.82) is 0 Å². The van der Waals surface area contributed by atoms with Crippen molar-refractivity contribution in [2.45, 2.75) is 18.5 Å². The summed E-state index contributed by atoms with van der Waals surface area (Å²) in [4.78, 5) is 13.4. The van der Waals surface area contributed by atoms with Crippen molar-refractivity contribution in [2.75, 3.05) is 32.6 Å². The van der Waals surface area contributed by atoms with Crippen molar-refractivity contribution < 1.29 is 48.8 Å². The Morgan fingerprint density at radius 2 is 1.40 bits per heavy atom. The van der Waals surface area contributed by atoms with Crippen molar-refractivity contribution in [2.24, 2.45) is 11.8 Å². The smallest absolute Gasteiger partial charge is 0.448 e. The van der Waals surface area contributed by atoms with Gasteiger partial charge in [0, 0.05) is 13.1 Å². The van der Waals surface area contributed by atoms with Crippen LogP contribution in [0.3, 0.4) is 0 Å². The lowest BCUT2D eigenvalue weighted by Crippen LogP contribution is -2.48. The Bertz CT molecular complexity index is 479. The molecule has 2 aliphatic heterocycles. The van der Waals surface area contributed by atoms with Gasteiger partial charge in [-0.15, -0.1) is 0 Å². The van der Waals surface area contributed by atoms with Crippen LogP contribution in [-0.4, -0.2) is 74.0 Å². The van der Waals surface area contributed by atoms with Crippen molar-refractivity contribution in [1.82, 2.24) is 9.80 Å². The van der Waals surface area contributed by atoms with Crippen LogP contribution in [0.25, 0.3) is 0 Å². The van der Waals surface area contributed by atoms with Gasteiger partial charge in [-0.05, 0) is 31.4 Å². The van der Waals surface area contributed by atoms with E-state index in [1.807, 2.05) is 0 Å². The van der Waals surface area contributed by atoms with Crippen molar-refractivity contribution in [3.63, 3.8) is 0 Å². The Kier molecular flexibility index (Phi) is 5.14. The summed E-state index contributed by atoms with van der Waals surface area (Å²) < 4.78 is 115.